The molecule has 0 spiro atoms. The normalized spacial score (nSPS) is 10.2. The Morgan fingerprint density at radius 1 is 1.44 bits per heavy atom. The third kappa shape index (κ3) is 5.66. The molecule has 88 valence electrons. The van der Waals surface area contributed by atoms with Gasteiger partial charge in [0.05, 0.1) is 0 Å². The van der Waals surface area contributed by atoms with Gasteiger partial charge in [-0.25, -0.2) is 0 Å². The van der Waals surface area contributed by atoms with E-state index < -0.39 is 0 Å². The van der Waals surface area contributed by atoms with Crippen molar-refractivity contribution < 1.29 is 0 Å². The average molecular weight is 237 g/mol. The van der Waals surface area contributed by atoms with Crippen LogP contribution in [0.15, 0.2) is 24.5 Å². The molecular weight excluding hydrogens is 218 g/mol. The highest BCUT2D eigenvalue weighted by Gasteiger charge is 1.97. The second-order valence-electron chi connectivity index (χ2n) is 4.14. The highest BCUT2D eigenvalue weighted by Crippen LogP contribution is 1.95. The Bertz CT molecular complexity index is 311. The zero-order valence-corrected chi connectivity index (χ0v) is 10.7. The molecule has 0 aliphatic heterocycles. The van der Waals surface area contributed by atoms with Crippen molar-refractivity contribution in [1.29, 1.82) is 0 Å². The molecule has 4 heteroatoms. The van der Waals surface area contributed by atoms with E-state index in [1.165, 1.54) is 5.56 Å². The molecule has 0 amide bonds. The number of thiocarbonyl (C=S) groups is 1. The summed E-state index contributed by atoms with van der Waals surface area (Å²) in [6.07, 6.45) is 4.61. The molecule has 16 heavy (non-hydrogen) atoms. The smallest absolute Gasteiger partial charge is 0.166 e. The lowest BCUT2D eigenvalue weighted by Gasteiger charge is -2.11. The zero-order chi connectivity index (χ0) is 11.8. The first-order valence-electron chi connectivity index (χ1n) is 5.59. The Labute approximate surface area is 103 Å². The molecule has 0 aromatic carbocycles. The van der Waals surface area contributed by atoms with Crippen molar-refractivity contribution in [3.05, 3.63) is 30.1 Å². The lowest BCUT2D eigenvalue weighted by molar-refractivity contribution is 0.619. The van der Waals surface area contributed by atoms with Crippen LogP contribution in [0.5, 0.6) is 0 Å². The molecule has 1 rings (SSSR count). The second kappa shape index (κ2) is 7.17. The molecule has 1 aromatic heterocycles. The highest BCUT2D eigenvalue weighted by molar-refractivity contribution is 7.80. The first kappa shape index (κ1) is 12.9. The fraction of sp³-hybridized carbons (Fsp3) is 0.500. The van der Waals surface area contributed by atoms with Crippen LogP contribution in [0.2, 0.25) is 0 Å². The van der Waals surface area contributed by atoms with Crippen molar-refractivity contribution in [3.8, 4) is 0 Å². The van der Waals surface area contributed by atoms with Gasteiger partial charge in [0.2, 0.25) is 0 Å². The van der Waals surface area contributed by atoms with Crippen LogP contribution < -0.4 is 10.6 Å². The molecule has 0 saturated carbocycles. The molecule has 3 nitrogen and oxygen atoms in total. The number of nitrogens with one attached hydrogen (secondary N) is 2. The van der Waals surface area contributed by atoms with Crippen LogP contribution in [-0.2, 0) is 6.42 Å². The van der Waals surface area contributed by atoms with Gasteiger partial charge in [0.25, 0.3) is 0 Å². The maximum atomic E-state index is 5.15. The first-order valence-corrected chi connectivity index (χ1v) is 6.00. The quantitative estimate of drug-likeness (QED) is 0.765. The molecule has 0 bridgehead atoms. The van der Waals surface area contributed by atoms with E-state index in [9.17, 15) is 0 Å². The van der Waals surface area contributed by atoms with Crippen molar-refractivity contribution in [2.45, 2.75) is 20.3 Å². The van der Waals surface area contributed by atoms with E-state index in [-0.39, 0.29) is 0 Å². The van der Waals surface area contributed by atoms with Crippen LogP contribution in [-0.4, -0.2) is 23.2 Å². The van der Waals surface area contributed by atoms with Gasteiger partial charge >= 0.3 is 0 Å². The Morgan fingerprint density at radius 3 is 2.88 bits per heavy atom. The largest absolute Gasteiger partial charge is 0.362 e. The standard InChI is InChI=1S/C12H19N3S/c1-10(2)8-15-12(16)14-7-5-11-4-3-6-13-9-11/h3-4,6,9-10H,5,7-8H2,1-2H3,(H2,14,15,16). The summed E-state index contributed by atoms with van der Waals surface area (Å²) in [6.45, 7) is 6.07. The predicted octanol–water partition coefficient (Wildman–Crippen LogP) is 1.74. The Balaban J connectivity index is 2.13. The molecular formula is C12H19N3S. The second-order valence-corrected chi connectivity index (χ2v) is 4.55. The van der Waals surface area contributed by atoms with Crippen LogP contribution in [0.1, 0.15) is 19.4 Å². The topological polar surface area (TPSA) is 37.0 Å². The molecule has 2 N–H and O–H groups in total. The molecule has 0 aliphatic carbocycles. The number of nitrogens with zero attached hydrogens (tertiary/aromatic N) is 1. The van der Waals surface area contributed by atoms with Crippen molar-refractivity contribution in [1.82, 2.24) is 15.6 Å². The summed E-state index contributed by atoms with van der Waals surface area (Å²) < 4.78 is 0. The van der Waals surface area contributed by atoms with Crippen molar-refractivity contribution in [2.24, 2.45) is 5.92 Å². The average Bonchev–Trinajstić information content (AvgIpc) is 2.28. The van der Waals surface area contributed by atoms with Gasteiger partial charge in [0.15, 0.2) is 5.11 Å². The minimum absolute atomic E-state index is 0.609. The third-order valence-corrected chi connectivity index (χ3v) is 2.38. The zero-order valence-electron chi connectivity index (χ0n) is 9.86. The minimum atomic E-state index is 0.609. The summed E-state index contributed by atoms with van der Waals surface area (Å²) in [5.74, 6) is 0.609. The number of pyridine rings is 1. The van der Waals surface area contributed by atoms with Gasteiger partial charge in [-0.1, -0.05) is 19.9 Å². The first-order chi connectivity index (χ1) is 7.68. The number of hydrogen-bond donors (Lipinski definition) is 2. The van der Waals surface area contributed by atoms with Gasteiger partial charge in [-0.15, -0.1) is 0 Å². The molecule has 0 radical (unpaired) electrons. The Hall–Kier alpha value is -1.16. The van der Waals surface area contributed by atoms with E-state index in [0.717, 1.165) is 24.6 Å². The van der Waals surface area contributed by atoms with Crippen LogP contribution >= 0.6 is 12.2 Å². The summed E-state index contributed by atoms with van der Waals surface area (Å²) in [6, 6.07) is 4.02. The molecule has 0 unspecified atom stereocenters. The fourth-order valence-electron chi connectivity index (χ4n) is 1.23. The van der Waals surface area contributed by atoms with Crippen molar-refractivity contribution >= 4 is 17.3 Å². The van der Waals surface area contributed by atoms with Crippen molar-refractivity contribution in [3.63, 3.8) is 0 Å². The van der Waals surface area contributed by atoms with E-state index in [4.69, 9.17) is 12.2 Å². The number of aromatic nitrogens is 1. The van der Waals surface area contributed by atoms with E-state index in [0.29, 0.717) is 5.92 Å². The van der Waals surface area contributed by atoms with E-state index >= 15 is 0 Å². The maximum Gasteiger partial charge on any atom is 0.166 e. The third-order valence-electron chi connectivity index (χ3n) is 2.09. The lowest BCUT2D eigenvalue weighted by Crippen LogP contribution is -2.38. The van der Waals surface area contributed by atoms with Gasteiger partial charge in [-0.2, -0.15) is 0 Å². The summed E-state index contributed by atoms with van der Waals surface area (Å²) in [4.78, 5) is 4.07. The van der Waals surface area contributed by atoms with Gasteiger partial charge in [0, 0.05) is 25.5 Å². The molecule has 0 atom stereocenters. The molecule has 0 saturated heterocycles. The van der Waals surface area contributed by atoms with Gasteiger partial charge in [0.1, 0.15) is 0 Å². The Kier molecular flexibility index (Phi) is 5.78. The van der Waals surface area contributed by atoms with Gasteiger partial charge in [-0.05, 0) is 36.2 Å². The maximum absolute atomic E-state index is 5.15. The SMILES string of the molecule is CC(C)CNC(=S)NCCc1cccnc1. The lowest BCUT2D eigenvalue weighted by atomic mass is 10.2. The molecule has 0 fully saturated rings. The monoisotopic (exact) mass is 237 g/mol. The summed E-state index contributed by atoms with van der Waals surface area (Å²) in [5, 5.41) is 7.09. The minimum Gasteiger partial charge on any atom is -0.362 e. The summed E-state index contributed by atoms with van der Waals surface area (Å²) >= 11 is 5.15. The van der Waals surface area contributed by atoms with Crippen LogP contribution in [0, 0.1) is 5.92 Å². The van der Waals surface area contributed by atoms with Crippen LogP contribution in [0.3, 0.4) is 0 Å². The number of hydrogen-bond acceptors (Lipinski definition) is 2. The van der Waals surface area contributed by atoms with E-state index in [2.05, 4.69) is 35.5 Å². The summed E-state index contributed by atoms with van der Waals surface area (Å²) in [5.41, 5.74) is 1.22. The van der Waals surface area contributed by atoms with Crippen LogP contribution in [0.25, 0.3) is 0 Å². The highest BCUT2D eigenvalue weighted by atomic mass is 32.1. The van der Waals surface area contributed by atoms with E-state index in [1.54, 1.807) is 6.20 Å². The number of rotatable bonds is 5. The van der Waals surface area contributed by atoms with Gasteiger partial charge in [-0.3, -0.25) is 4.98 Å². The van der Waals surface area contributed by atoms with Gasteiger partial charge < -0.3 is 10.6 Å². The van der Waals surface area contributed by atoms with E-state index in [1.807, 2.05) is 12.3 Å². The molecule has 1 heterocycles. The summed E-state index contributed by atoms with van der Waals surface area (Å²) in [7, 11) is 0. The predicted molar refractivity (Wildman–Crippen MR) is 71.4 cm³/mol. The fourth-order valence-corrected chi connectivity index (χ4v) is 1.41. The Morgan fingerprint density at radius 2 is 2.25 bits per heavy atom. The molecule has 1 aromatic rings. The van der Waals surface area contributed by atoms with Crippen molar-refractivity contribution in [2.75, 3.05) is 13.1 Å². The van der Waals surface area contributed by atoms with Crippen LogP contribution in [0.4, 0.5) is 0 Å². The molecule has 0 aliphatic rings.